The first-order chi connectivity index (χ1) is 11.6. The summed E-state index contributed by atoms with van der Waals surface area (Å²) in [6.45, 7) is 0. The van der Waals surface area contributed by atoms with Crippen LogP contribution in [-0.2, 0) is 17.6 Å². The Morgan fingerprint density at radius 1 is 0.917 bits per heavy atom. The van der Waals surface area contributed by atoms with E-state index in [4.69, 9.17) is 4.74 Å². The third-order valence-electron chi connectivity index (χ3n) is 4.04. The second-order valence-electron chi connectivity index (χ2n) is 5.92. The Labute approximate surface area is 142 Å². The number of ether oxygens (including phenoxy) is 1. The van der Waals surface area contributed by atoms with E-state index in [0.29, 0.717) is 25.0 Å². The Kier molecular flexibility index (Phi) is 6.67. The van der Waals surface area contributed by atoms with E-state index in [1.54, 1.807) is 18.2 Å². The van der Waals surface area contributed by atoms with Crippen LogP contribution in [0.3, 0.4) is 0 Å². The zero-order valence-corrected chi connectivity index (χ0v) is 14.0. The first-order valence-corrected chi connectivity index (χ1v) is 8.24. The maximum atomic E-state index is 11.9. The van der Waals surface area contributed by atoms with E-state index in [2.05, 4.69) is 0 Å². The molecule has 0 unspecified atom stereocenters. The number of carbonyl (C=O) groups excluding carboxylic acids is 1. The highest BCUT2D eigenvalue weighted by atomic mass is 16.5. The van der Waals surface area contributed by atoms with Crippen LogP contribution < -0.4 is 4.74 Å². The minimum Gasteiger partial charge on any atom is -0.508 e. The lowest BCUT2D eigenvalue weighted by molar-refractivity contribution is -0.119. The van der Waals surface area contributed by atoms with Crippen molar-refractivity contribution in [2.24, 2.45) is 0 Å². The van der Waals surface area contributed by atoms with Gasteiger partial charge in [0.2, 0.25) is 0 Å². The molecule has 4 nitrogen and oxygen atoms in total. The molecule has 24 heavy (non-hydrogen) atoms. The smallest absolute Gasteiger partial charge is 0.160 e. The maximum absolute atomic E-state index is 11.9. The van der Waals surface area contributed by atoms with Crippen molar-refractivity contribution in [1.82, 2.24) is 0 Å². The van der Waals surface area contributed by atoms with Crippen molar-refractivity contribution in [2.45, 2.75) is 38.5 Å². The number of aryl methyl sites for hydroxylation is 2. The van der Waals surface area contributed by atoms with Crippen LogP contribution in [0.2, 0.25) is 0 Å². The van der Waals surface area contributed by atoms with Gasteiger partial charge in [0.1, 0.15) is 11.5 Å². The molecule has 0 atom stereocenters. The molecule has 0 amide bonds. The second kappa shape index (κ2) is 8.96. The van der Waals surface area contributed by atoms with Crippen molar-refractivity contribution in [2.75, 3.05) is 7.11 Å². The number of aromatic hydroxyl groups is 2. The average Bonchev–Trinajstić information content (AvgIpc) is 2.59. The number of benzene rings is 2. The van der Waals surface area contributed by atoms with Gasteiger partial charge < -0.3 is 14.9 Å². The number of hydrogen-bond acceptors (Lipinski definition) is 4. The van der Waals surface area contributed by atoms with Gasteiger partial charge in [-0.2, -0.15) is 0 Å². The van der Waals surface area contributed by atoms with Crippen molar-refractivity contribution in [3.8, 4) is 17.2 Å². The Hall–Kier alpha value is -2.49. The standard InChI is InChI=1S/C20H24O4/c1-24-20-14-16(9-13-19(20)23)4-2-3-5-17(21)10-6-15-7-11-18(22)12-8-15/h7-9,11-14,22-23H,2-6,10H2,1H3. The summed E-state index contributed by atoms with van der Waals surface area (Å²) in [7, 11) is 1.53. The van der Waals surface area contributed by atoms with Crippen molar-refractivity contribution in [1.29, 1.82) is 0 Å². The van der Waals surface area contributed by atoms with Crippen LogP contribution in [0, 0.1) is 0 Å². The highest BCUT2D eigenvalue weighted by molar-refractivity contribution is 5.78. The first-order valence-electron chi connectivity index (χ1n) is 8.24. The molecule has 2 aromatic carbocycles. The number of phenolic OH excluding ortho intramolecular Hbond substituents is 2. The lowest BCUT2D eigenvalue weighted by Gasteiger charge is -2.07. The van der Waals surface area contributed by atoms with Crippen molar-refractivity contribution >= 4 is 5.78 Å². The van der Waals surface area contributed by atoms with Gasteiger partial charge in [0.25, 0.3) is 0 Å². The molecule has 0 fully saturated rings. The molecule has 128 valence electrons. The summed E-state index contributed by atoms with van der Waals surface area (Å²) in [6.07, 6.45) is 4.50. The highest BCUT2D eigenvalue weighted by Crippen LogP contribution is 2.27. The number of rotatable bonds is 9. The van der Waals surface area contributed by atoms with Gasteiger partial charge in [-0.05, 0) is 61.1 Å². The first kappa shape index (κ1) is 17.9. The number of ketones is 1. The Morgan fingerprint density at radius 2 is 1.62 bits per heavy atom. The number of unbranched alkanes of at least 4 members (excludes halogenated alkanes) is 1. The van der Waals surface area contributed by atoms with Gasteiger partial charge >= 0.3 is 0 Å². The summed E-state index contributed by atoms with van der Waals surface area (Å²) >= 11 is 0. The molecule has 0 spiro atoms. The van der Waals surface area contributed by atoms with Crippen LogP contribution in [0.4, 0.5) is 0 Å². The minimum atomic E-state index is 0.144. The normalized spacial score (nSPS) is 10.5. The molecule has 0 saturated heterocycles. The van der Waals surface area contributed by atoms with E-state index in [9.17, 15) is 15.0 Å². The third kappa shape index (κ3) is 5.61. The summed E-state index contributed by atoms with van der Waals surface area (Å²) in [6, 6.07) is 12.3. The number of Topliss-reactive ketones (excluding diaryl/α,β-unsaturated/α-hetero) is 1. The average molecular weight is 328 g/mol. The van der Waals surface area contributed by atoms with Crippen LogP contribution in [0.25, 0.3) is 0 Å². The lowest BCUT2D eigenvalue weighted by atomic mass is 10.0. The molecule has 0 saturated carbocycles. The van der Waals surface area contributed by atoms with Crippen molar-refractivity contribution in [3.63, 3.8) is 0 Å². The Balaban J connectivity index is 1.66. The van der Waals surface area contributed by atoms with E-state index in [0.717, 1.165) is 30.4 Å². The minimum absolute atomic E-state index is 0.144. The molecule has 0 bridgehead atoms. The van der Waals surface area contributed by atoms with E-state index < -0.39 is 0 Å². The fourth-order valence-corrected chi connectivity index (χ4v) is 2.60. The number of methoxy groups -OCH3 is 1. The number of phenols is 2. The predicted molar refractivity (Wildman–Crippen MR) is 93.6 cm³/mol. The van der Waals surface area contributed by atoms with Crippen LogP contribution >= 0.6 is 0 Å². The molecule has 2 rings (SSSR count). The van der Waals surface area contributed by atoms with Crippen molar-refractivity contribution < 1.29 is 19.7 Å². The topological polar surface area (TPSA) is 66.8 Å². The SMILES string of the molecule is COc1cc(CCCCC(=O)CCc2ccc(O)cc2)ccc1O. The molecule has 2 N–H and O–H groups in total. The molecule has 0 radical (unpaired) electrons. The fourth-order valence-electron chi connectivity index (χ4n) is 2.60. The molecule has 0 heterocycles. The second-order valence-corrected chi connectivity index (χ2v) is 5.92. The molecule has 0 aliphatic carbocycles. The molecular weight excluding hydrogens is 304 g/mol. The van der Waals surface area contributed by atoms with Gasteiger partial charge in [0, 0.05) is 12.8 Å². The Bertz CT molecular complexity index is 662. The van der Waals surface area contributed by atoms with Crippen LogP contribution in [-0.4, -0.2) is 23.1 Å². The van der Waals surface area contributed by atoms with E-state index in [1.807, 2.05) is 24.3 Å². The number of carbonyl (C=O) groups is 1. The summed E-state index contributed by atoms with van der Waals surface area (Å²) < 4.78 is 5.09. The predicted octanol–water partition coefficient (Wildman–Crippen LogP) is 4.02. The summed E-state index contributed by atoms with van der Waals surface area (Å²) in [5.74, 6) is 1.14. The molecular formula is C20H24O4. The van der Waals surface area contributed by atoms with E-state index in [-0.39, 0.29) is 17.3 Å². The lowest BCUT2D eigenvalue weighted by Crippen LogP contribution is -2.00. The largest absolute Gasteiger partial charge is 0.508 e. The zero-order valence-electron chi connectivity index (χ0n) is 14.0. The molecule has 4 heteroatoms. The number of hydrogen-bond donors (Lipinski definition) is 2. The molecule has 0 aliphatic rings. The summed E-state index contributed by atoms with van der Waals surface area (Å²) in [4.78, 5) is 11.9. The summed E-state index contributed by atoms with van der Waals surface area (Å²) in [5.41, 5.74) is 2.17. The van der Waals surface area contributed by atoms with Gasteiger partial charge in [-0.1, -0.05) is 18.2 Å². The van der Waals surface area contributed by atoms with Gasteiger partial charge in [-0.3, -0.25) is 4.79 Å². The van der Waals surface area contributed by atoms with Gasteiger partial charge in [0.15, 0.2) is 11.5 Å². The van der Waals surface area contributed by atoms with Crippen LogP contribution in [0.1, 0.15) is 36.8 Å². The molecule has 0 aromatic heterocycles. The van der Waals surface area contributed by atoms with Crippen LogP contribution in [0.5, 0.6) is 17.2 Å². The van der Waals surface area contributed by atoms with Gasteiger partial charge in [-0.25, -0.2) is 0 Å². The quantitative estimate of drug-likeness (QED) is 0.682. The highest BCUT2D eigenvalue weighted by Gasteiger charge is 2.05. The maximum Gasteiger partial charge on any atom is 0.160 e. The monoisotopic (exact) mass is 328 g/mol. The van der Waals surface area contributed by atoms with Gasteiger partial charge in [0.05, 0.1) is 7.11 Å². The Morgan fingerprint density at radius 3 is 2.33 bits per heavy atom. The fraction of sp³-hybridized carbons (Fsp3) is 0.350. The third-order valence-corrected chi connectivity index (χ3v) is 4.04. The van der Waals surface area contributed by atoms with E-state index in [1.165, 1.54) is 7.11 Å². The summed E-state index contributed by atoms with van der Waals surface area (Å²) in [5, 5.41) is 18.8. The van der Waals surface area contributed by atoms with Crippen LogP contribution in [0.15, 0.2) is 42.5 Å². The molecule has 2 aromatic rings. The molecule has 0 aliphatic heterocycles. The van der Waals surface area contributed by atoms with E-state index >= 15 is 0 Å². The van der Waals surface area contributed by atoms with Gasteiger partial charge in [-0.15, -0.1) is 0 Å². The van der Waals surface area contributed by atoms with Crippen molar-refractivity contribution in [3.05, 3.63) is 53.6 Å². The zero-order chi connectivity index (χ0) is 17.4.